The van der Waals surface area contributed by atoms with E-state index in [2.05, 4.69) is 0 Å². The van der Waals surface area contributed by atoms with Crippen LogP contribution in [0.25, 0.3) is 0 Å². The van der Waals surface area contributed by atoms with Gasteiger partial charge in [0.1, 0.15) is 0 Å². The predicted octanol–water partition coefficient (Wildman–Crippen LogP) is 4.12. The fourth-order valence-corrected chi connectivity index (χ4v) is 2.79. The summed E-state index contributed by atoms with van der Waals surface area (Å²) in [5.74, 6) is -4.00. The number of rotatable bonds is 2. The molecule has 0 N–H and O–H groups in total. The van der Waals surface area contributed by atoms with Gasteiger partial charge < -0.3 is 0 Å². The average Bonchev–Trinajstić information content (AvgIpc) is 2.45. The molecule has 126 valence electrons. The molecule has 0 aromatic heterocycles. The first kappa shape index (κ1) is 17.6. The van der Waals surface area contributed by atoms with Crippen LogP contribution in [-0.4, -0.2) is 30.3 Å². The number of benzene rings is 1. The molecule has 8 heteroatoms. The Morgan fingerprint density at radius 2 is 1.61 bits per heavy atom. The number of alkyl halides is 6. The van der Waals surface area contributed by atoms with E-state index in [0.29, 0.717) is 11.1 Å². The predicted molar refractivity (Wildman–Crippen MR) is 70.1 cm³/mol. The summed E-state index contributed by atoms with van der Waals surface area (Å²) in [4.78, 5) is 1.16. The van der Waals surface area contributed by atoms with Crippen molar-refractivity contribution in [3.05, 3.63) is 35.4 Å². The minimum atomic E-state index is -4.66. The topological polar surface area (TPSA) is 27.0 Å². The van der Waals surface area contributed by atoms with Gasteiger partial charge in [-0.05, 0) is 24.1 Å². The Morgan fingerprint density at radius 3 is 2.09 bits per heavy atom. The smallest absolute Gasteiger partial charge is 0.298 e. The van der Waals surface area contributed by atoms with E-state index >= 15 is 0 Å². The highest BCUT2D eigenvalue weighted by molar-refractivity contribution is 5.32. The zero-order chi connectivity index (χ0) is 17.3. The van der Waals surface area contributed by atoms with Gasteiger partial charge in [-0.25, -0.2) is 0 Å². The van der Waals surface area contributed by atoms with E-state index in [1.165, 1.54) is 12.1 Å². The summed E-state index contributed by atoms with van der Waals surface area (Å²) in [5.41, 5.74) is 0.840. The maximum absolute atomic E-state index is 12.9. The van der Waals surface area contributed by atoms with Crippen LogP contribution in [0.3, 0.4) is 0 Å². The fraction of sp³-hybridized carbons (Fsp3) is 0.533. The van der Waals surface area contributed by atoms with Gasteiger partial charge in [0.2, 0.25) is 0 Å². The zero-order valence-electron chi connectivity index (χ0n) is 12.0. The second-order valence-corrected chi connectivity index (χ2v) is 5.72. The van der Waals surface area contributed by atoms with Gasteiger partial charge in [-0.3, -0.25) is 4.90 Å². The molecule has 2 rings (SSSR count). The molecule has 1 saturated heterocycles. The Hall–Kier alpha value is -1.75. The van der Waals surface area contributed by atoms with Gasteiger partial charge in [-0.15, -0.1) is 0 Å². The Bertz CT molecular complexity index is 565. The van der Waals surface area contributed by atoms with Crippen molar-refractivity contribution >= 4 is 0 Å². The largest absolute Gasteiger partial charge is 0.393 e. The molecule has 1 aliphatic rings. The van der Waals surface area contributed by atoms with E-state index in [4.69, 9.17) is 5.26 Å². The molecule has 0 saturated carbocycles. The van der Waals surface area contributed by atoms with Crippen LogP contribution in [0.5, 0.6) is 0 Å². The van der Waals surface area contributed by atoms with Crippen molar-refractivity contribution in [3.63, 3.8) is 0 Å². The third-order valence-electron chi connectivity index (χ3n) is 3.91. The summed E-state index contributed by atoms with van der Waals surface area (Å²) in [7, 11) is 0. The summed E-state index contributed by atoms with van der Waals surface area (Å²) in [6.07, 6.45) is -10.2. The van der Waals surface area contributed by atoms with Crippen LogP contribution in [-0.2, 0) is 6.54 Å². The van der Waals surface area contributed by atoms with Crippen LogP contribution in [0.15, 0.2) is 24.3 Å². The molecule has 23 heavy (non-hydrogen) atoms. The number of nitrogens with zero attached hydrogens (tertiary/aromatic N) is 2. The molecule has 1 aliphatic heterocycles. The molecule has 0 aliphatic carbocycles. The lowest BCUT2D eigenvalue weighted by molar-refractivity contribution is -0.231. The third-order valence-corrected chi connectivity index (χ3v) is 3.91. The lowest BCUT2D eigenvalue weighted by atomic mass is 9.88. The molecular formula is C15H14F6N2. The SMILES string of the molecule is N#Cc1cccc(CN2CC(C(F)(F)F)CC(C(F)(F)F)C2)c1. The van der Waals surface area contributed by atoms with Gasteiger partial charge in [0, 0.05) is 19.6 Å². The lowest BCUT2D eigenvalue weighted by Gasteiger charge is -2.39. The van der Waals surface area contributed by atoms with Crippen LogP contribution in [0.2, 0.25) is 0 Å². The van der Waals surface area contributed by atoms with E-state index in [-0.39, 0.29) is 6.54 Å². The maximum Gasteiger partial charge on any atom is 0.393 e. The number of nitriles is 1. The van der Waals surface area contributed by atoms with Gasteiger partial charge in [-0.1, -0.05) is 12.1 Å². The minimum Gasteiger partial charge on any atom is -0.298 e. The Morgan fingerprint density at radius 1 is 1.04 bits per heavy atom. The number of piperidine rings is 1. The molecule has 1 heterocycles. The van der Waals surface area contributed by atoms with Crippen LogP contribution in [0.4, 0.5) is 26.3 Å². The standard InChI is InChI=1S/C15H14F6N2/c16-14(17,18)12-5-13(15(19,20)21)9-23(8-12)7-11-3-1-2-10(4-11)6-22/h1-4,12-13H,5,7-9H2. The van der Waals surface area contributed by atoms with Crippen molar-refractivity contribution in [2.45, 2.75) is 25.3 Å². The summed E-state index contributed by atoms with van der Waals surface area (Å²) >= 11 is 0. The zero-order valence-corrected chi connectivity index (χ0v) is 12.0. The third kappa shape index (κ3) is 4.61. The van der Waals surface area contributed by atoms with E-state index in [0.717, 1.165) is 4.90 Å². The minimum absolute atomic E-state index is 0.0469. The molecule has 2 unspecified atom stereocenters. The van der Waals surface area contributed by atoms with Crippen molar-refractivity contribution in [2.75, 3.05) is 13.1 Å². The monoisotopic (exact) mass is 336 g/mol. The average molecular weight is 336 g/mol. The van der Waals surface area contributed by atoms with Crippen molar-refractivity contribution in [2.24, 2.45) is 11.8 Å². The second kappa shape index (κ2) is 6.40. The molecule has 1 aromatic rings. The fourth-order valence-electron chi connectivity index (χ4n) is 2.79. The van der Waals surface area contributed by atoms with Crippen molar-refractivity contribution in [3.8, 4) is 6.07 Å². The van der Waals surface area contributed by atoms with Crippen molar-refractivity contribution in [1.82, 2.24) is 4.90 Å². The van der Waals surface area contributed by atoms with Crippen molar-refractivity contribution < 1.29 is 26.3 Å². The first-order valence-corrected chi connectivity index (χ1v) is 6.94. The number of hydrogen-bond donors (Lipinski definition) is 0. The summed E-state index contributed by atoms with van der Waals surface area (Å²) in [5, 5.41) is 8.80. The maximum atomic E-state index is 12.9. The molecule has 1 fully saturated rings. The molecule has 0 radical (unpaired) electrons. The van der Waals surface area contributed by atoms with Gasteiger partial charge in [0.05, 0.1) is 23.5 Å². The molecule has 0 amide bonds. The quantitative estimate of drug-likeness (QED) is 0.760. The Kier molecular flexibility index (Phi) is 4.90. The number of hydrogen-bond acceptors (Lipinski definition) is 2. The first-order chi connectivity index (χ1) is 10.6. The summed E-state index contributed by atoms with van der Waals surface area (Å²) in [6, 6.07) is 8.03. The van der Waals surface area contributed by atoms with E-state index < -0.39 is 43.7 Å². The molecule has 2 atom stereocenters. The summed E-state index contributed by atoms with van der Waals surface area (Å²) < 4.78 is 77.4. The number of likely N-dealkylation sites (tertiary alicyclic amines) is 1. The molecule has 1 aromatic carbocycles. The Balaban J connectivity index is 2.17. The normalized spacial score (nSPS) is 23.5. The van der Waals surface area contributed by atoms with E-state index in [1.54, 1.807) is 12.1 Å². The first-order valence-electron chi connectivity index (χ1n) is 6.94. The number of halogens is 6. The van der Waals surface area contributed by atoms with Gasteiger partial charge in [0.25, 0.3) is 0 Å². The highest BCUT2D eigenvalue weighted by atomic mass is 19.4. The van der Waals surface area contributed by atoms with Crippen molar-refractivity contribution in [1.29, 1.82) is 5.26 Å². The van der Waals surface area contributed by atoms with Crippen LogP contribution >= 0.6 is 0 Å². The summed E-state index contributed by atoms with van der Waals surface area (Å²) in [6.45, 7) is -0.978. The van der Waals surface area contributed by atoms with E-state index in [9.17, 15) is 26.3 Å². The van der Waals surface area contributed by atoms with Crippen LogP contribution in [0.1, 0.15) is 17.5 Å². The van der Waals surface area contributed by atoms with E-state index in [1.807, 2.05) is 6.07 Å². The second-order valence-electron chi connectivity index (χ2n) is 5.72. The lowest BCUT2D eigenvalue weighted by Crippen LogP contribution is -2.49. The molecule has 2 nitrogen and oxygen atoms in total. The van der Waals surface area contributed by atoms with Gasteiger partial charge in [0.15, 0.2) is 0 Å². The van der Waals surface area contributed by atoms with Gasteiger partial charge >= 0.3 is 12.4 Å². The molecule has 0 spiro atoms. The highest BCUT2D eigenvalue weighted by Crippen LogP contribution is 2.41. The molecular weight excluding hydrogens is 322 g/mol. The van der Waals surface area contributed by atoms with Crippen LogP contribution < -0.4 is 0 Å². The van der Waals surface area contributed by atoms with Crippen LogP contribution in [0, 0.1) is 23.2 Å². The van der Waals surface area contributed by atoms with Gasteiger partial charge in [-0.2, -0.15) is 31.6 Å². The molecule has 0 bridgehead atoms. The Labute approximate surface area is 129 Å². The highest BCUT2D eigenvalue weighted by Gasteiger charge is 2.51.